The van der Waals surface area contributed by atoms with Crippen molar-refractivity contribution in [1.82, 2.24) is 0 Å². The molecule has 2 aromatic carbocycles. The second-order valence-electron chi connectivity index (χ2n) is 10.7. The van der Waals surface area contributed by atoms with Crippen LogP contribution in [0.15, 0.2) is 48.5 Å². The van der Waals surface area contributed by atoms with Crippen molar-refractivity contribution >= 4 is 23.6 Å². The van der Waals surface area contributed by atoms with Gasteiger partial charge in [-0.3, -0.25) is 4.79 Å². The Morgan fingerprint density at radius 2 is 1.70 bits per heavy atom. The molecule has 2 saturated carbocycles. The number of ether oxygens (including phenoxy) is 2. The molecule has 1 amide bonds. The van der Waals surface area contributed by atoms with Crippen molar-refractivity contribution in [3.05, 3.63) is 65.2 Å². The smallest absolute Gasteiger partial charge is 0.330 e. The Labute approximate surface area is 221 Å². The first kappa shape index (κ1) is 27.0. The van der Waals surface area contributed by atoms with Gasteiger partial charge in [0.1, 0.15) is 5.75 Å². The molecule has 0 aliphatic heterocycles. The van der Waals surface area contributed by atoms with E-state index >= 15 is 0 Å². The Hall–Kier alpha value is -3.08. The SMILES string of the molecule is COC(=O)/C=C/c1cccc(N(C[C@H]2CC[C@H](c3ccc(OC)c(C)c3)CC2)C(=O)C2CCCCC2)c1. The van der Waals surface area contributed by atoms with Gasteiger partial charge in [0.2, 0.25) is 5.91 Å². The third-order valence-electron chi connectivity index (χ3n) is 8.19. The average molecular weight is 504 g/mol. The number of rotatable bonds is 8. The minimum absolute atomic E-state index is 0.113. The van der Waals surface area contributed by atoms with Crippen molar-refractivity contribution in [3.63, 3.8) is 0 Å². The van der Waals surface area contributed by atoms with Crippen molar-refractivity contribution in [1.29, 1.82) is 0 Å². The summed E-state index contributed by atoms with van der Waals surface area (Å²) in [5.74, 6) is 1.98. The van der Waals surface area contributed by atoms with E-state index < -0.39 is 0 Å². The van der Waals surface area contributed by atoms with E-state index in [-0.39, 0.29) is 17.8 Å². The average Bonchev–Trinajstić information content (AvgIpc) is 2.95. The summed E-state index contributed by atoms with van der Waals surface area (Å²) < 4.78 is 10.2. The van der Waals surface area contributed by atoms with Crippen LogP contribution < -0.4 is 9.64 Å². The van der Waals surface area contributed by atoms with Crippen LogP contribution in [0.4, 0.5) is 5.69 Å². The van der Waals surface area contributed by atoms with Gasteiger partial charge in [-0.25, -0.2) is 4.79 Å². The Bertz CT molecular complexity index is 1090. The summed E-state index contributed by atoms with van der Waals surface area (Å²) in [4.78, 5) is 27.4. The lowest BCUT2D eigenvalue weighted by Gasteiger charge is -2.35. The van der Waals surface area contributed by atoms with Crippen LogP contribution in [0.3, 0.4) is 0 Å². The van der Waals surface area contributed by atoms with E-state index in [2.05, 4.69) is 25.1 Å². The molecule has 5 heteroatoms. The van der Waals surface area contributed by atoms with Crippen LogP contribution in [0.1, 0.15) is 80.4 Å². The lowest BCUT2D eigenvalue weighted by molar-refractivity contribution is -0.134. The van der Waals surface area contributed by atoms with Crippen LogP contribution in [0.2, 0.25) is 0 Å². The topological polar surface area (TPSA) is 55.8 Å². The molecule has 2 fully saturated rings. The van der Waals surface area contributed by atoms with Gasteiger partial charge in [-0.05, 0) is 98.2 Å². The largest absolute Gasteiger partial charge is 0.496 e. The number of aryl methyl sites for hydroxylation is 1. The summed E-state index contributed by atoms with van der Waals surface area (Å²) in [5.41, 5.74) is 4.41. The maximum atomic E-state index is 13.8. The standard InChI is InChI=1S/C32H41NO4/c1-23-20-28(17-18-30(23)36-2)26-15-12-25(13-16-26)22-33(32(35)27-9-5-4-6-10-27)29-11-7-8-24(21-29)14-19-31(34)37-3/h7-8,11,14,17-21,25-27H,4-6,9-10,12-13,15-16,22H2,1-3H3/b19-14+/t25-,26-. The molecule has 2 aliphatic rings. The third kappa shape index (κ3) is 7.03. The highest BCUT2D eigenvalue weighted by Gasteiger charge is 2.31. The molecule has 5 nitrogen and oxygen atoms in total. The zero-order chi connectivity index (χ0) is 26.2. The molecule has 4 rings (SSSR count). The molecular formula is C32H41NO4. The summed E-state index contributed by atoms with van der Waals surface area (Å²) in [6.45, 7) is 2.87. The monoisotopic (exact) mass is 503 g/mol. The van der Waals surface area contributed by atoms with E-state index in [1.807, 2.05) is 29.2 Å². The predicted octanol–water partition coefficient (Wildman–Crippen LogP) is 7.08. The van der Waals surface area contributed by atoms with E-state index in [4.69, 9.17) is 9.47 Å². The van der Waals surface area contributed by atoms with Crippen molar-refractivity contribution in [2.75, 3.05) is 25.7 Å². The highest BCUT2D eigenvalue weighted by atomic mass is 16.5. The second-order valence-corrected chi connectivity index (χ2v) is 10.7. The lowest BCUT2D eigenvalue weighted by atomic mass is 9.78. The zero-order valence-corrected chi connectivity index (χ0v) is 22.6. The van der Waals surface area contributed by atoms with E-state index in [0.29, 0.717) is 11.8 Å². The summed E-state index contributed by atoms with van der Waals surface area (Å²) in [5, 5.41) is 0. The Morgan fingerprint density at radius 1 is 0.946 bits per heavy atom. The van der Waals surface area contributed by atoms with Crippen LogP contribution in [-0.4, -0.2) is 32.6 Å². The number of hydrogen-bond donors (Lipinski definition) is 0. The maximum Gasteiger partial charge on any atom is 0.330 e. The molecular weight excluding hydrogens is 462 g/mol. The predicted molar refractivity (Wildman–Crippen MR) is 149 cm³/mol. The Morgan fingerprint density at radius 3 is 2.38 bits per heavy atom. The highest BCUT2D eigenvalue weighted by molar-refractivity contribution is 5.95. The molecule has 2 aliphatic carbocycles. The van der Waals surface area contributed by atoms with Gasteiger partial charge >= 0.3 is 5.97 Å². The molecule has 0 bridgehead atoms. The molecule has 198 valence electrons. The zero-order valence-electron chi connectivity index (χ0n) is 22.6. The normalized spacial score (nSPS) is 20.5. The van der Waals surface area contributed by atoms with Crippen LogP contribution in [0.5, 0.6) is 5.75 Å². The number of benzene rings is 2. The maximum absolute atomic E-state index is 13.8. The Balaban J connectivity index is 1.48. The first-order valence-electron chi connectivity index (χ1n) is 13.8. The number of esters is 1. The molecule has 2 aromatic rings. The summed E-state index contributed by atoms with van der Waals surface area (Å²) >= 11 is 0. The van der Waals surface area contributed by atoms with E-state index in [1.54, 1.807) is 13.2 Å². The number of amides is 1. The van der Waals surface area contributed by atoms with Crippen LogP contribution in [0, 0.1) is 18.8 Å². The van der Waals surface area contributed by atoms with E-state index in [0.717, 1.165) is 74.9 Å². The first-order chi connectivity index (χ1) is 18.0. The quantitative estimate of drug-likeness (QED) is 0.285. The van der Waals surface area contributed by atoms with E-state index in [9.17, 15) is 9.59 Å². The summed E-state index contributed by atoms with van der Waals surface area (Å²) in [7, 11) is 3.09. The highest BCUT2D eigenvalue weighted by Crippen LogP contribution is 2.38. The minimum atomic E-state index is -0.385. The fourth-order valence-electron chi connectivity index (χ4n) is 6.01. The third-order valence-corrected chi connectivity index (χ3v) is 8.19. The number of hydrogen-bond acceptors (Lipinski definition) is 4. The van der Waals surface area contributed by atoms with Crippen molar-refractivity contribution in [3.8, 4) is 5.75 Å². The molecule has 0 heterocycles. The lowest BCUT2D eigenvalue weighted by Crippen LogP contribution is -2.41. The molecule has 0 atom stereocenters. The van der Waals surface area contributed by atoms with Crippen LogP contribution in [-0.2, 0) is 14.3 Å². The van der Waals surface area contributed by atoms with Crippen molar-refractivity contribution in [2.24, 2.45) is 11.8 Å². The fourth-order valence-corrected chi connectivity index (χ4v) is 6.01. The number of carbonyl (C=O) groups excluding carboxylic acids is 2. The van der Waals surface area contributed by atoms with Crippen molar-refractivity contribution in [2.45, 2.75) is 70.6 Å². The molecule has 0 aromatic heterocycles. The fraction of sp³-hybridized carbons (Fsp3) is 0.500. The van der Waals surface area contributed by atoms with Crippen LogP contribution >= 0.6 is 0 Å². The minimum Gasteiger partial charge on any atom is -0.496 e. The summed E-state index contributed by atoms with van der Waals surface area (Å²) in [6.07, 6.45) is 13.2. The van der Waals surface area contributed by atoms with Gasteiger partial charge in [0.25, 0.3) is 0 Å². The van der Waals surface area contributed by atoms with Gasteiger partial charge in [-0.15, -0.1) is 0 Å². The summed E-state index contributed by atoms with van der Waals surface area (Å²) in [6, 6.07) is 14.5. The second kappa shape index (κ2) is 12.9. The molecule has 0 unspecified atom stereocenters. The Kier molecular flexibility index (Phi) is 9.43. The van der Waals surface area contributed by atoms with Gasteiger partial charge in [0.15, 0.2) is 0 Å². The molecule has 0 N–H and O–H groups in total. The van der Waals surface area contributed by atoms with Gasteiger partial charge in [-0.1, -0.05) is 43.5 Å². The van der Waals surface area contributed by atoms with Gasteiger partial charge in [0.05, 0.1) is 14.2 Å². The first-order valence-corrected chi connectivity index (χ1v) is 13.8. The number of anilines is 1. The van der Waals surface area contributed by atoms with Crippen molar-refractivity contribution < 1.29 is 19.1 Å². The molecule has 0 radical (unpaired) electrons. The number of nitrogens with zero attached hydrogens (tertiary/aromatic N) is 1. The van der Waals surface area contributed by atoms with Crippen LogP contribution in [0.25, 0.3) is 6.08 Å². The number of methoxy groups -OCH3 is 2. The van der Waals surface area contributed by atoms with Gasteiger partial charge in [0, 0.05) is 24.2 Å². The molecule has 37 heavy (non-hydrogen) atoms. The van der Waals surface area contributed by atoms with Gasteiger partial charge < -0.3 is 14.4 Å². The number of carbonyl (C=O) groups is 2. The molecule has 0 spiro atoms. The van der Waals surface area contributed by atoms with Gasteiger partial charge in [-0.2, -0.15) is 0 Å². The van der Waals surface area contributed by atoms with E-state index in [1.165, 1.54) is 30.7 Å². The molecule has 0 saturated heterocycles.